The van der Waals surface area contributed by atoms with Crippen molar-refractivity contribution in [3.8, 4) is 22.9 Å². The Balaban J connectivity index is 1.15. The van der Waals surface area contributed by atoms with Gasteiger partial charge in [0.25, 0.3) is 0 Å². The maximum atomic E-state index is 14.1. The Morgan fingerprint density at radius 3 is 2.54 bits per heavy atom. The summed E-state index contributed by atoms with van der Waals surface area (Å²) in [4.78, 5) is 33.6. The number of hydrogen-bond acceptors (Lipinski definition) is 8. The van der Waals surface area contributed by atoms with E-state index in [2.05, 4.69) is 28.8 Å². The largest absolute Gasteiger partial charge is 0.488 e. The number of cyclic esters (lactones) is 1. The van der Waals surface area contributed by atoms with Gasteiger partial charge in [0, 0.05) is 30.0 Å². The summed E-state index contributed by atoms with van der Waals surface area (Å²) in [6, 6.07) is 17.4. The molecule has 2 aliphatic rings. The molecule has 5 aromatic rings. The van der Waals surface area contributed by atoms with Crippen LogP contribution in [0.4, 0.5) is 20.7 Å². The average Bonchev–Trinajstić information content (AvgIpc) is 3.80. The second kappa shape index (κ2) is 12.7. The van der Waals surface area contributed by atoms with E-state index in [4.69, 9.17) is 19.9 Å². The first-order valence-corrected chi connectivity index (χ1v) is 16.1. The number of carbonyl (C=O) groups excluding carboxylic acids is 2. The third-order valence-electron chi connectivity index (χ3n) is 9.01. The summed E-state index contributed by atoms with van der Waals surface area (Å²) in [5, 5.41) is 5.16. The van der Waals surface area contributed by atoms with Crippen molar-refractivity contribution in [3.05, 3.63) is 89.5 Å². The van der Waals surface area contributed by atoms with Crippen LogP contribution in [-0.4, -0.2) is 69.9 Å². The number of para-hydroxylation sites is 1. The number of fused-ring (bicyclic) bond motifs is 1. The molecular formula is C36H37FN6O5. The molecular weight excluding hydrogens is 615 g/mol. The molecule has 0 aliphatic carbocycles. The first-order chi connectivity index (χ1) is 23.2. The van der Waals surface area contributed by atoms with Gasteiger partial charge in [-0.1, -0.05) is 12.1 Å². The van der Waals surface area contributed by atoms with E-state index in [0.29, 0.717) is 53.3 Å². The molecule has 3 N–H and O–H groups in total. The number of ketones is 1. The molecule has 2 saturated heterocycles. The number of carbonyl (C=O) groups is 2. The lowest BCUT2D eigenvalue weighted by atomic mass is 10.1. The summed E-state index contributed by atoms with van der Waals surface area (Å²) in [5.74, 6) is 0.548. The van der Waals surface area contributed by atoms with Gasteiger partial charge >= 0.3 is 6.09 Å². The summed E-state index contributed by atoms with van der Waals surface area (Å²) >= 11 is 0. The number of nitrogens with two attached hydrogens (primary N) is 1. The Morgan fingerprint density at radius 1 is 1.04 bits per heavy atom. The normalized spacial score (nSPS) is 15.8. The van der Waals surface area contributed by atoms with Crippen molar-refractivity contribution in [2.75, 3.05) is 36.9 Å². The lowest BCUT2D eigenvalue weighted by Gasteiger charge is -2.35. The number of benzene rings is 3. The van der Waals surface area contributed by atoms with Crippen LogP contribution in [0, 0.1) is 12.7 Å². The highest BCUT2D eigenvalue weighted by molar-refractivity contribution is 6.13. The van der Waals surface area contributed by atoms with Crippen LogP contribution in [0.2, 0.25) is 0 Å². The van der Waals surface area contributed by atoms with E-state index in [1.807, 2.05) is 19.1 Å². The smallest absolute Gasteiger partial charge is 0.414 e. The van der Waals surface area contributed by atoms with Gasteiger partial charge in [0.2, 0.25) is 5.78 Å². The number of hydrogen-bond donors (Lipinski definition) is 2. The number of anilines is 2. The fraction of sp³-hybridized carbons (Fsp3) is 0.306. The predicted octanol–water partition coefficient (Wildman–Crippen LogP) is 6.61. The molecule has 1 amide bonds. The number of ether oxygens (including phenoxy) is 3. The van der Waals surface area contributed by atoms with Crippen LogP contribution in [0.25, 0.3) is 16.6 Å². The Kier molecular flexibility index (Phi) is 8.26. The number of piperidine rings is 1. The minimum Gasteiger partial charge on any atom is -0.488 e. The maximum Gasteiger partial charge on any atom is 0.414 e. The second-order valence-electron chi connectivity index (χ2n) is 12.5. The molecule has 2 fully saturated rings. The molecule has 2 aliphatic heterocycles. The van der Waals surface area contributed by atoms with E-state index in [9.17, 15) is 14.0 Å². The Morgan fingerprint density at radius 2 is 1.83 bits per heavy atom. The molecule has 0 unspecified atom stereocenters. The molecule has 12 heteroatoms. The lowest BCUT2D eigenvalue weighted by molar-refractivity contribution is 0.0846. The Hall–Kier alpha value is -5.36. The van der Waals surface area contributed by atoms with Gasteiger partial charge in [-0.05, 0) is 87.7 Å². The van der Waals surface area contributed by atoms with Gasteiger partial charge in [-0.3, -0.25) is 9.69 Å². The molecule has 0 radical (unpaired) electrons. The number of halogens is 1. The second-order valence-corrected chi connectivity index (χ2v) is 12.5. The predicted molar refractivity (Wildman–Crippen MR) is 180 cm³/mol. The zero-order chi connectivity index (χ0) is 33.5. The molecule has 0 atom stereocenters. The fourth-order valence-electron chi connectivity index (χ4n) is 6.29. The highest BCUT2D eigenvalue weighted by Gasteiger charge is 2.30. The number of aromatic nitrogens is 3. The molecule has 3 aromatic carbocycles. The third kappa shape index (κ3) is 5.95. The number of rotatable bonds is 9. The summed E-state index contributed by atoms with van der Waals surface area (Å²) in [6.45, 7) is 8.80. The number of aromatic amines is 1. The molecule has 0 spiro atoms. The SMILES string of the molecule is Cc1cc(-n2ncc(C(=O)c3cc4cc(OC5CCN(C(C)C)CC5)c(N5CCOC5=O)cc4[nH]3)c2N)ccc1Oc1ccccc1F. The van der Waals surface area contributed by atoms with E-state index in [-0.39, 0.29) is 29.0 Å². The van der Waals surface area contributed by atoms with Crippen molar-refractivity contribution in [1.29, 1.82) is 0 Å². The third-order valence-corrected chi connectivity index (χ3v) is 9.01. The number of aryl methyl sites for hydroxylation is 1. The fourth-order valence-corrected chi connectivity index (χ4v) is 6.29. The number of nitrogens with one attached hydrogen (secondary N) is 1. The monoisotopic (exact) mass is 652 g/mol. The number of nitrogen functional groups attached to an aromatic ring is 1. The minimum atomic E-state index is -0.460. The summed E-state index contributed by atoms with van der Waals surface area (Å²) in [7, 11) is 0. The minimum absolute atomic E-state index is 0.00396. The van der Waals surface area contributed by atoms with Crippen LogP contribution in [0.3, 0.4) is 0 Å². The van der Waals surface area contributed by atoms with E-state index >= 15 is 0 Å². The van der Waals surface area contributed by atoms with E-state index in [1.165, 1.54) is 16.9 Å². The van der Waals surface area contributed by atoms with Crippen molar-refractivity contribution < 1.29 is 28.2 Å². The van der Waals surface area contributed by atoms with Gasteiger partial charge in [-0.15, -0.1) is 0 Å². The maximum absolute atomic E-state index is 14.1. The Bertz CT molecular complexity index is 2010. The molecule has 7 rings (SSSR count). The number of H-pyrrole nitrogens is 1. The highest BCUT2D eigenvalue weighted by atomic mass is 19.1. The van der Waals surface area contributed by atoms with Crippen molar-refractivity contribution in [2.24, 2.45) is 0 Å². The zero-order valence-electron chi connectivity index (χ0n) is 27.0. The lowest BCUT2D eigenvalue weighted by Crippen LogP contribution is -2.41. The zero-order valence-corrected chi connectivity index (χ0v) is 27.0. The number of nitrogens with zero attached hydrogens (tertiary/aromatic N) is 4. The van der Waals surface area contributed by atoms with Crippen LogP contribution in [0.5, 0.6) is 17.2 Å². The summed E-state index contributed by atoms with van der Waals surface area (Å²) < 4.78 is 33.1. The standard InChI is InChI=1S/C36H37FN6O5/c1-21(2)41-12-10-25(11-13-41)47-33-18-23-17-29(40-28(23)19-30(33)42-14-15-46-36(42)45)34(44)26-20-39-43(35(26)38)24-8-9-31(22(3)16-24)48-32-7-5-4-6-27(32)37/h4-9,16-21,25,40H,10-15,38H2,1-3H3. The molecule has 4 heterocycles. The topological polar surface area (TPSA) is 128 Å². The quantitative estimate of drug-likeness (QED) is 0.170. The highest BCUT2D eigenvalue weighted by Crippen LogP contribution is 2.37. The van der Waals surface area contributed by atoms with Crippen LogP contribution >= 0.6 is 0 Å². The van der Waals surface area contributed by atoms with Gasteiger partial charge in [-0.2, -0.15) is 5.10 Å². The van der Waals surface area contributed by atoms with E-state index < -0.39 is 11.9 Å². The number of amides is 1. The molecule has 0 bridgehead atoms. The Labute approximate surface area is 277 Å². The van der Waals surface area contributed by atoms with E-state index in [1.54, 1.807) is 47.4 Å². The summed E-state index contributed by atoms with van der Waals surface area (Å²) in [5.41, 5.74) is 9.64. The van der Waals surface area contributed by atoms with Crippen molar-refractivity contribution >= 4 is 34.3 Å². The van der Waals surface area contributed by atoms with Crippen molar-refractivity contribution in [2.45, 2.75) is 45.8 Å². The van der Waals surface area contributed by atoms with Crippen molar-refractivity contribution in [3.63, 3.8) is 0 Å². The van der Waals surface area contributed by atoms with Crippen LogP contribution in [0.1, 0.15) is 48.3 Å². The van der Waals surface area contributed by atoms with Crippen LogP contribution in [0.15, 0.2) is 66.9 Å². The van der Waals surface area contributed by atoms with E-state index in [0.717, 1.165) is 36.9 Å². The van der Waals surface area contributed by atoms with Gasteiger partial charge in [-0.25, -0.2) is 13.9 Å². The first-order valence-electron chi connectivity index (χ1n) is 16.1. The van der Waals surface area contributed by atoms with Crippen LogP contribution < -0.4 is 20.1 Å². The molecule has 0 saturated carbocycles. The molecule has 48 heavy (non-hydrogen) atoms. The average molecular weight is 653 g/mol. The number of likely N-dealkylation sites (tertiary alicyclic amines) is 1. The van der Waals surface area contributed by atoms with Crippen LogP contribution in [-0.2, 0) is 4.74 Å². The van der Waals surface area contributed by atoms with Gasteiger partial charge in [0.15, 0.2) is 11.6 Å². The molecule has 248 valence electrons. The molecule has 11 nitrogen and oxygen atoms in total. The first kappa shape index (κ1) is 31.3. The molecule has 2 aromatic heterocycles. The van der Waals surface area contributed by atoms with Gasteiger partial charge in [0.05, 0.1) is 35.4 Å². The summed E-state index contributed by atoms with van der Waals surface area (Å²) in [6.07, 6.45) is 2.76. The van der Waals surface area contributed by atoms with Crippen molar-refractivity contribution in [1.82, 2.24) is 19.7 Å². The van der Waals surface area contributed by atoms with Gasteiger partial charge < -0.3 is 29.8 Å². The van der Waals surface area contributed by atoms with Gasteiger partial charge in [0.1, 0.15) is 30.0 Å².